The lowest BCUT2D eigenvalue weighted by molar-refractivity contribution is -0.139. The monoisotopic (exact) mass is 248 g/mol. The molecule has 1 aliphatic rings. The zero-order valence-corrected chi connectivity index (χ0v) is 10.2. The molecule has 18 heavy (non-hydrogen) atoms. The summed E-state index contributed by atoms with van der Waals surface area (Å²) >= 11 is 0. The van der Waals surface area contributed by atoms with Crippen molar-refractivity contribution in [3.05, 3.63) is 29.3 Å². The molecule has 1 aliphatic heterocycles. The first-order valence-corrected chi connectivity index (χ1v) is 6.02. The lowest BCUT2D eigenvalue weighted by Crippen LogP contribution is -2.40. The van der Waals surface area contributed by atoms with Gasteiger partial charge in [-0.25, -0.2) is 4.79 Å². The van der Waals surface area contributed by atoms with Crippen molar-refractivity contribution in [1.29, 1.82) is 0 Å². The molecule has 0 aromatic heterocycles. The van der Waals surface area contributed by atoms with Crippen LogP contribution in [0.4, 0.5) is 5.69 Å². The third kappa shape index (κ3) is 2.45. The SMILES string of the molecule is CC[C@H](NC(=O)c1ccc2c(c1)CCN2)C(=O)O. The fourth-order valence-corrected chi connectivity index (χ4v) is 2.03. The number of aliphatic carboxylic acids is 1. The van der Waals surface area contributed by atoms with Crippen LogP contribution in [-0.4, -0.2) is 29.6 Å². The Kier molecular flexibility index (Phi) is 3.50. The summed E-state index contributed by atoms with van der Waals surface area (Å²) in [5, 5.41) is 14.6. The average molecular weight is 248 g/mol. The normalized spacial score (nSPS) is 14.5. The molecule has 5 nitrogen and oxygen atoms in total. The topological polar surface area (TPSA) is 78.4 Å². The van der Waals surface area contributed by atoms with Gasteiger partial charge in [-0.2, -0.15) is 0 Å². The van der Waals surface area contributed by atoms with E-state index in [-0.39, 0.29) is 5.91 Å². The number of hydrogen-bond donors (Lipinski definition) is 3. The lowest BCUT2D eigenvalue weighted by Gasteiger charge is -2.12. The summed E-state index contributed by atoms with van der Waals surface area (Å²) in [4.78, 5) is 22.8. The number of hydrogen-bond acceptors (Lipinski definition) is 3. The van der Waals surface area contributed by atoms with Crippen LogP contribution in [0.25, 0.3) is 0 Å². The van der Waals surface area contributed by atoms with Gasteiger partial charge in [0, 0.05) is 17.8 Å². The molecule has 1 amide bonds. The van der Waals surface area contributed by atoms with Gasteiger partial charge in [0.05, 0.1) is 0 Å². The number of benzene rings is 1. The van der Waals surface area contributed by atoms with Gasteiger partial charge in [-0.15, -0.1) is 0 Å². The molecule has 0 bridgehead atoms. The molecule has 5 heteroatoms. The first kappa shape index (κ1) is 12.4. The number of rotatable bonds is 4. The largest absolute Gasteiger partial charge is 0.480 e. The van der Waals surface area contributed by atoms with Crippen LogP contribution in [0.2, 0.25) is 0 Å². The summed E-state index contributed by atoms with van der Waals surface area (Å²) < 4.78 is 0. The van der Waals surface area contributed by atoms with Crippen molar-refractivity contribution in [3.63, 3.8) is 0 Å². The van der Waals surface area contributed by atoms with Crippen LogP contribution in [0.3, 0.4) is 0 Å². The Morgan fingerprint density at radius 1 is 1.50 bits per heavy atom. The molecule has 0 saturated carbocycles. The highest BCUT2D eigenvalue weighted by atomic mass is 16.4. The van der Waals surface area contributed by atoms with E-state index >= 15 is 0 Å². The molecule has 0 spiro atoms. The Balaban J connectivity index is 2.12. The van der Waals surface area contributed by atoms with Crippen molar-refractivity contribution < 1.29 is 14.7 Å². The second kappa shape index (κ2) is 5.08. The first-order valence-electron chi connectivity index (χ1n) is 6.02. The number of carbonyl (C=O) groups excluding carboxylic acids is 1. The second-order valence-corrected chi connectivity index (χ2v) is 4.32. The number of amides is 1. The molecule has 1 aromatic rings. The molecule has 1 aromatic carbocycles. The summed E-state index contributed by atoms with van der Waals surface area (Å²) in [6, 6.07) is 4.56. The summed E-state index contributed by atoms with van der Waals surface area (Å²) in [5.74, 6) is -1.34. The Morgan fingerprint density at radius 2 is 2.28 bits per heavy atom. The fraction of sp³-hybridized carbons (Fsp3) is 0.385. The number of carbonyl (C=O) groups is 2. The maximum Gasteiger partial charge on any atom is 0.326 e. The summed E-state index contributed by atoms with van der Waals surface area (Å²) in [6.45, 7) is 2.61. The molecule has 96 valence electrons. The minimum atomic E-state index is -1.01. The number of carboxylic acid groups (broad SMARTS) is 1. The zero-order chi connectivity index (χ0) is 13.1. The average Bonchev–Trinajstić information content (AvgIpc) is 2.82. The number of nitrogens with one attached hydrogen (secondary N) is 2. The maximum absolute atomic E-state index is 11.9. The van der Waals surface area contributed by atoms with Crippen molar-refractivity contribution >= 4 is 17.6 Å². The van der Waals surface area contributed by atoms with Gasteiger partial charge in [0.1, 0.15) is 6.04 Å². The highest BCUT2D eigenvalue weighted by molar-refractivity contribution is 5.97. The van der Waals surface area contributed by atoms with Crippen molar-refractivity contribution in [2.75, 3.05) is 11.9 Å². The van der Waals surface area contributed by atoms with Crippen LogP contribution < -0.4 is 10.6 Å². The molecule has 1 atom stereocenters. The molecule has 0 saturated heterocycles. The molecule has 0 radical (unpaired) electrons. The van der Waals surface area contributed by atoms with E-state index in [0.717, 1.165) is 24.2 Å². The quantitative estimate of drug-likeness (QED) is 0.749. The first-order chi connectivity index (χ1) is 8.61. The molecular weight excluding hydrogens is 232 g/mol. The van der Waals surface area contributed by atoms with Crippen LogP contribution in [0.5, 0.6) is 0 Å². The Bertz CT molecular complexity index is 485. The van der Waals surface area contributed by atoms with Gasteiger partial charge in [0.2, 0.25) is 0 Å². The maximum atomic E-state index is 11.9. The summed E-state index contributed by atoms with van der Waals surface area (Å²) in [5.41, 5.74) is 2.67. The van der Waals surface area contributed by atoms with Gasteiger partial charge in [0.25, 0.3) is 5.91 Å². The van der Waals surface area contributed by atoms with Crippen LogP contribution in [-0.2, 0) is 11.2 Å². The minimum absolute atomic E-state index is 0.334. The number of fused-ring (bicyclic) bond motifs is 1. The van der Waals surface area contributed by atoms with Gasteiger partial charge >= 0.3 is 5.97 Å². The zero-order valence-electron chi connectivity index (χ0n) is 10.2. The second-order valence-electron chi connectivity index (χ2n) is 4.32. The van der Waals surface area contributed by atoms with Crippen LogP contribution >= 0.6 is 0 Å². The van der Waals surface area contributed by atoms with Gasteiger partial charge < -0.3 is 15.7 Å². The van der Waals surface area contributed by atoms with Crippen molar-refractivity contribution in [1.82, 2.24) is 5.32 Å². The van der Waals surface area contributed by atoms with Crippen molar-refractivity contribution in [2.45, 2.75) is 25.8 Å². The molecular formula is C13H16N2O3. The van der Waals surface area contributed by atoms with E-state index in [2.05, 4.69) is 10.6 Å². The molecule has 1 heterocycles. The molecule has 0 fully saturated rings. The van der Waals surface area contributed by atoms with E-state index < -0.39 is 12.0 Å². The van der Waals surface area contributed by atoms with E-state index in [1.54, 1.807) is 13.0 Å². The van der Waals surface area contributed by atoms with E-state index in [9.17, 15) is 9.59 Å². The molecule has 3 N–H and O–H groups in total. The van der Waals surface area contributed by atoms with Crippen LogP contribution in [0, 0.1) is 0 Å². The van der Waals surface area contributed by atoms with E-state index in [1.807, 2.05) is 12.1 Å². The standard InChI is InChI=1S/C13H16N2O3/c1-2-10(13(17)18)15-12(16)9-3-4-11-8(7-9)5-6-14-11/h3-4,7,10,14H,2,5-6H2,1H3,(H,15,16)(H,17,18)/t10-/m0/s1. The van der Waals surface area contributed by atoms with Crippen LogP contribution in [0.15, 0.2) is 18.2 Å². The number of carboxylic acids is 1. The smallest absolute Gasteiger partial charge is 0.326 e. The Labute approximate surface area is 105 Å². The van der Waals surface area contributed by atoms with Gasteiger partial charge in [-0.3, -0.25) is 4.79 Å². The van der Waals surface area contributed by atoms with E-state index in [4.69, 9.17) is 5.11 Å². The minimum Gasteiger partial charge on any atom is -0.480 e. The van der Waals surface area contributed by atoms with Crippen molar-refractivity contribution in [3.8, 4) is 0 Å². The highest BCUT2D eigenvalue weighted by Crippen LogP contribution is 2.22. The Hall–Kier alpha value is -2.04. The fourth-order valence-electron chi connectivity index (χ4n) is 2.03. The predicted molar refractivity (Wildman–Crippen MR) is 67.8 cm³/mol. The third-order valence-electron chi connectivity index (χ3n) is 3.09. The molecule has 0 unspecified atom stereocenters. The van der Waals surface area contributed by atoms with E-state index in [0.29, 0.717) is 12.0 Å². The molecule has 2 rings (SSSR count). The highest BCUT2D eigenvalue weighted by Gasteiger charge is 2.19. The van der Waals surface area contributed by atoms with Gasteiger partial charge in [-0.05, 0) is 36.6 Å². The predicted octanol–water partition coefficient (Wildman–Crippen LogP) is 1.25. The van der Waals surface area contributed by atoms with Gasteiger partial charge in [0.15, 0.2) is 0 Å². The molecule has 0 aliphatic carbocycles. The van der Waals surface area contributed by atoms with Gasteiger partial charge in [-0.1, -0.05) is 6.92 Å². The number of anilines is 1. The lowest BCUT2D eigenvalue weighted by atomic mass is 10.1. The van der Waals surface area contributed by atoms with Crippen molar-refractivity contribution in [2.24, 2.45) is 0 Å². The summed E-state index contributed by atoms with van der Waals surface area (Å²) in [7, 11) is 0. The third-order valence-corrected chi connectivity index (χ3v) is 3.09. The van der Waals surface area contributed by atoms with Crippen LogP contribution in [0.1, 0.15) is 29.3 Å². The Morgan fingerprint density at radius 3 is 2.94 bits per heavy atom. The summed E-state index contributed by atoms with van der Waals surface area (Å²) in [6.07, 6.45) is 1.26. The van der Waals surface area contributed by atoms with E-state index in [1.165, 1.54) is 0 Å².